The topological polar surface area (TPSA) is 0 Å². The first-order chi connectivity index (χ1) is 7.92. The fourth-order valence-electron chi connectivity index (χ4n) is 1.83. The number of fused-ring (bicyclic) bond motifs is 1. The second kappa shape index (κ2) is 4.18. The van der Waals surface area contributed by atoms with Gasteiger partial charge in [-0.15, -0.1) is 0 Å². The van der Waals surface area contributed by atoms with Gasteiger partial charge in [-0.1, -0.05) is 42.1 Å². The minimum absolute atomic E-state index is 0.964. The van der Waals surface area contributed by atoms with Crippen LogP contribution in [-0.2, 0) is 6.42 Å². The quantitative estimate of drug-likeness (QED) is 0.735. The van der Waals surface area contributed by atoms with Gasteiger partial charge in [0.1, 0.15) is 0 Å². The van der Waals surface area contributed by atoms with Crippen molar-refractivity contribution in [1.82, 2.24) is 0 Å². The van der Waals surface area contributed by atoms with Crippen LogP contribution in [0.15, 0.2) is 58.3 Å². The van der Waals surface area contributed by atoms with Gasteiger partial charge in [-0.25, -0.2) is 0 Å². The van der Waals surface area contributed by atoms with E-state index >= 15 is 0 Å². The first-order valence-corrected chi connectivity index (χ1v) is 6.16. The molecule has 77 valence electrons. The number of benzene rings is 2. The van der Waals surface area contributed by atoms with Gasteiger partial charge in [0.05, 0.1) is 0 Å². The fraction of sp³-hybridized carbons (Fsp3) is 0.0667. The molecule has 0 aliphatic heterocycles. The summed E-state index contributed by atoms with van der Waals surface area (Å²) in [4.78, 5) is 2.58. The first kappa shape index (κ1) is 9.73. The predicted octanol–water partition coefficient (Wildman–Crippen LogP) is 4.21. The van der Waals surface area contributed by atoms with Crippen molar-refractivity contribution in [2.24, 2.45) is 0 Å². The summed E-state index contributed by atoms with van der Waals surface area (Å²) < 4.78 is 0. The lowest BCUT2D eigenvalue weighted by Gasteiger charge is -2.04. The molecule has 1 heteroatoms. The fourth-order valence-corrected chi connectivity index (χ4v) is 2.71. The zero-order valence-electron chi connectivity index (χ0n) is 8.81. The third kappa shape index (κ3) is 1.91. The zero-order chi connectivity index (χ0) is 10.8. The van der Waals surface area contributed by atoms with Crippen molar-refractivity contribution in [1.29, 1.82) is 0 Å². The van der Waals surface area contributed by atoms with Crippen LogP contribution in [0.3, 0.4) is 0 Å². The average molecular weight is 223 g/mol. The van der Waals surface area contributed by atoms with Crippen LogP contribution >= 0.6 is 11.8 Å². The van der Waals surface area contributed by atoms with Gasteiger partial charge < -0.3 is 0 Å². The Morgan fingerprint density at radius 3 is 2.69 bits per heavy atom. The molecule has 1 aliphatic rings. The summed E-state index contributed by atoms with van der Waals surface area (Å²) in [6.45, 7) is 0. The molecule has 0 nitrogen and oxygen atoms in total. The Bertz CT molecular complexity index is 526. The Balaban J connectivity index is 1.88. The van der Waals surface area contributed by atoms with Gasteiger partial charge in [-0.2, -0.15) is 0 Å². The average Bonchev–Trinajstić information content (AvgIpc) is 2.77. The summed E-state index contributed by atoms with van der Waals surface area (Å²) in [5.41, 5.74) is 2.71. The van der Waals surface area contributed by atoms with Crippen LogP contribution in [0.5, 0.6) is 0 Å². The smallest absolute Gasteiger partial charge is 0.0128 e. The standard InChI is InChI=1S/C15H11S/c1-2-7-14(8-3-1)16-15-10-9-12-5-4-6-13(12)11-15/h1-3,6-11H,5H2. The van der Waals surface area contributed by atoms with E-state index in [-0.39, 0.29) is 0 Å². The lowest BCUT2D eigenvalue weighted by atomic mass is 10.1. The molecule has 0 heterocycles. The first-order valence-electron chi connectivity index (χ1n) is 5.34. The number of rotatable bonds is 2. The molecule has 0 unspecified atom stereocenters. The SMILES string of the molecule is [C]1=Cc2cc(Sc3ccccc3)ccc2C1. The van der Waals surface area contributed by atoms with Gasteiger partial charge in [0, 0.05) is 9.79 Å². The minimum atomic E-state index is 0.964. The molecule has 0 spiro atoms. The van der Waals surface area contributed by atoms with Crippen molar-refractivity contribution >= 4 is 17.8 Å². The van der Waals surface area contributed by atoms with Crippen molar-refractivity contribution < 1.29 is 0 Å². The van der Waals surface area contributed by atoms with Crippen molar-refractivity contribution in [3.8, 4) is 0 Å². The summed E-state index contributed by atoms with van der Waals surface area (Å²) in [6, 6.07) is 17.1. The van der Waals surface area contributed by atoms with E-state index in [2.05, 4.69) is 54.6 Å². The maximum atomic E-state index is 3.24. The van der Waals surface area contributed by atoms with E-state index in [4.69, 9.17) is 0 Å². The summed E-state index contributed by atoms with van der Waals surface area (Å²) in [6.07, 6.45) is 6.30. The van der Waals surface area contributed by atoms with E-state index in [9.17, 15) is 0 Å². The molecule has 3 rings (SSSR count). The van der Waals surface area contributed by atoms with Gasteiger partial charge in [0.25, 0.3) is 0 Å². The van der Waals surface area contributed by atoms with Crippen LogP contribution in [0.2, 0.25) is 0 Å². The predicted molar refractivity (Wildman–Crippen MR) is 68.4 cm³/mol. The molecule has 0 saturated carbocycles. The van der Waals surface area contributed by atoms with Gasteiger partial charge in [-0.3, -0.25) is 0 Å². The molecule has 0 amide bonds. The normalized spacial score (nSPS) is 12.8. The Labute approximate surface area is 100 Å². The van der Waals surface area contributed by atoms with Crippen molar-refractivity contribution in [2.75, 3.05) is 0 Å². The molecule has 16 heavy (non-hydrogen) atoms. The lowest BCUT2D eigenvalue weighted by Crippen LogP contribution is -1.81. The number of hydrogen-bond donors (Lipinski definition) is 0. The molecule has 0 N–H and O–H groups in total. The van der Waals surface area contributed by atoms with Gasteiger partial charge in [0.15, 0.2) is 0 Å². The molecule has 0 aromatic heterocycles. The van der Waals surface area contributed by atoms with E-state index < -0.39 is 0 Å². The summed E-state index contributed by atoms with van der Waals surface area (Å²) in [7, 11) is 0. The Morgan fingerprint density at radius 2 is 1.81 bits per heavy atom. The molecule has 1 aliphatic carbocycles. The summed E-state index contributed by atoms with van der Waals surface area (Å²) in [5.74, 6) is 0. The van der Waals surface area contributed by atoms with Gasteiger partial charge in [-0.05, 0) is 47.9 Å². The Kier molecular flexibility index (Phi) is 2.55. The highest BCUT2D eigenvalue weighted by molar-refractivity contribution is 7.99. The number of hydrogen-bond acceptors (Lipinski definition) is 1. The van der Waals surface area contributed by atoms with E-state index in [1.165, 1.54) is 20.9 Å². The molecule has 2 aromatic rings. The van der Waals surface area contributed by atoms with Crippen molar-refractivity contribution in [3.05, 3.63) is 65.7 Å². The van der Waals surface area contributed by atoms with Gasteiger partial charge in [0.2, 0.25) is 0 Å². The van der Waals surface area contributed by atoms with Crippen LogP contribution in [-0.4, -0.2) is 0 Å². The summed E-state index contributed by atoms with van der Waals surface area (Å²) >= 11 is 1.81. The van der Waals surface area contributed by atoms with Crippen LogP contribution in [0.4, 0.5) is 0 Å². The van der Waals surface area contributed by atoms with Crippen molar-refractivity contribution in [2.45, 2.75) is 16.2 Å². The molecule has 0 saturated heterocycles. The van der Waals surface area contributed by atoms with Crippen molar-refractivity contribution in [3.63, 3.8) is 0 Å². The highest BCUT2D eigenvalue weighted by Crippen LogP contribution is 2.30. The molecular weight excluding hydrogens is 212 g/mol. The van der Waals surface area contributed by atoms with E-state index in [1.54, 1.807) is 11.8 Å². The third-order valence-corrected chi connectivity index (χ3v) is 3.64. The molecule has 1 radical (unpaired) electrons. The number of allylic oxidation sites excluding steroid dienone is 1. The second-order valence-electron chi connectivity index (χ2n) is 3.80. The van der Waals surface area contributed by atoms with Crippen LogP contribution in [0.25, 0.3) is 6.08 Å². The highest BCUT2D eigenvalue weighted by Gasteiger charge is 2.06. The highest BCUT2D eigenvalue weighted by atomic mass is 32.2. The van der Waals surface area contributed by atoms with Crippen LogP contribution < -0.4 is 0 Å². The lowest BCUT2D eigenvalue weighted by molar-refractivity contribution is 1.25. The molecule has 0 bridgehead atoms. The molecular formula is C15H11S. The monoisotopic (exact) mass is 223 g/mol. The van der Waals surface area contributed by atoms with Gasteiger partial charge >= 0.3 is 0 Å². The zero-order valence-corrected chi connectivity index (χ0v) is 9.63. The van der Waals surface area contributed by atoms with E-state index in [0.29, 0.717) is 0 Å². The summed E-state index contributed by atoms with van der Waals surface area (Å²) in [5, 5.41) is 0. The Morgan fingerprint density at radius 1 is 0.938 bits per heavy atom. The molecule has 2 aromatic carbocycles. The largest absolute Gasteiger partial charge is 0.0901 e. The Hall–Kier alpha value is -1.47. The van der Waals surface area contributed by atoms with Crippen LogP contribution in [0.1, 0.15) is 11.1 Å². The third-order valence-electron chi connectivity index (χ3n) is 2.65. The molecule has 0 atom stereocenters. The second-order valence-corrected chi connectivity index (χ2v) is 4.95. The molecule has 0 fully saturated rings. The minimum Gasteiger partial charge on any atom is -0.0901 e. The maximum absolute atomic E-state index is 3.24. The van der Waals surface area contributed by atoms with E-state index in [1.807, 2.05) is 6.07 Å². The van der Waals surface area contributed by atoms with E-state index in [0.717, 1.165) is 6.42 Å². The maximum Gasteiger partial charge on any atom is 0.0128 e. The van der Waals surface area contributed by atoms with Crippen LogP contribution in [0, 0.1) is 6.08 Å².